The van der Waals surface area contributed by atoms with Gasteiger partial charge in [0.1, 0.15) is 11.5 Å². The maximum absolute atomic E-state index is 5.54. The van der Waals surface area contributed by atoms with E-state index in [9.17, 15) is 0 Å². The fourth-order valence-electron chi connectivity index (χ4n) is 2.89. The highest BCUT2D eigenvalue weighted by molar-refractivity contribution is 5.90. The Labute approximate surface area is 139 Å². The zero-order chi connectivity index (χ0) is 16.7. The number of hydrogen-bond donors (Lipinski definition) is 0. The van der Waals surface area contributed by atoms with Gasteiger partial charge < -0.3 is 9.47 Å². The third-order valence-electron chi connectivity index (χ3n) is 4.02. The standard InChI is InChI=1S/C21H26O2/c1-5-20(16-8-12-18(22-4)13-9-16)21(6-2)17-10-14-19(15-11-17)23-7-3/h8-15H,5-7H2,1-4H3/b21-20+. The minimum Gasteiger partial charge on any atom is -0.497 e. The molecule has 0 aliphatic heterocycles. The summed E-state index contributed by atoms with van der Waals surface area (Å²) in [6, 6.07) is 16.7. The van der Waals surface area contributed by atoms with E-state index in [1.807, 2.05) is 19.1 Å². The molecule has 0 bridgehead atoms. The number of ether oxygens (including phenoxy) is 2. The van der Waals surface area contributed by atoms with Crippen molar-refractivity contribution in [3.8, 4) is 11.5 Å². The van der Waals surface area contributed by atoms with Gasteiger partial charge in [0.25, 0.3) is 0 Å². The highest BCUT2D eigenvalue weighted by Crippen LogP contribution is 2.32. The van der Waals surface area contributed by atoms with Gasteiger partial charge in [-0.25, -0.2) is 0 Å². The minimum absolute atomic E-state index is 0.696. The molecule has 0 fully saturated rings. The quantitative estimate of drug-likeness (QED) is 0.599. The van der Waals surface area contributed by atoms with E-state index in [-0.39, 0.29) is 0 Å². The van der Waals surface area contributed by atoms with Crippen LogP contribution in [0.3, 0.4) is 0 Å². The fourth-order valence-corrected chi connectivity index (χ4v) is 2.89. The molecule has 0 radical (unpaired) electrons. The van der Waals surface area contributed by atoms with Crippen LogP contribution in [0.2, 0.25) is 0 Å². The van der Waals surface area contributed by atoms with Crippen LogP contribution in [0.1, 0.15) is 44.7 Å². The van der Waals surface area contributed by atoms with Gasteiger partial charge in [-0.3, -0.25) is 0 Å². The molecule has 0 saturated carbocycles. The molecule has 2 aromatic carbocycles. The Hall–Kier alpha value is -2.22. The lowest BCUT2D eigenvalue weighted by atomic mass is 9.91. The topological polar surface area (TPSA) is 18.5 Å². The van der Waals surface area contributed by atoms with Crippen LogP contribution in [-0.2, 0) is 0 Å². The monoisotopic (exact) mass is 310 g/mol. The first kappa shape index (κ1) is 17.1. The number of allylic oxidation sites excluding steroid dienone is 2. The van der Waals surface area contributed by atoms with Crippen LogP contribution >= 0.6 is 0 Å². The zero-order valence-electron chi connectivity index (χ0n) is 14.6. The molecule has 0 aromatic heterocycles. The van der Waals surface area contributed by atoms with Crippen LogP contribution < -0.4 is 9.47 Å². The normalized spacial score (nSPS) is 11.8. The van der Waals surface area contributed by atoms with E-state index in [0.29, 0.717) is 6.61 Å². The van der Waals surface area contributed by atoms with Gasteiger partial charge in [0.05, 0.1) is 13.7 Å². The third kappa shape index (κ3) is 4.16. The van der Waals surface area contributed by atoms with Crippen molar-refractivity contribution in [3.05, 3.63) is 59.7 Å². The highest BCUT2D eigenvalue weighted by Gasteiger charge is 2.09. The Morgan fingerprint density at radius 3 is 1.48 bits per heavy atom. The maximum Gasteiger partial charge on any atom is 0.119 e. The molecule has 2 aromatic rings. The largest absolute Gasteiger partial charge is 0.497 e. The molecule has 2 rings (SSSR count). The average Bonchev–Trinajstić information content (AvgIpc) is 2.61. The van der Waals surface area contributed by atoms with Gasteiger partial charge >= 0.3 is 0 Å². The fraction of sp³-hybridized carbons (Fsp3) is 0.333. The summed E-state index contributed by atoms with van der Waals surface area (Å²) in [6.45, 7) is 7.13. The Bertz CT molecular complexity index is 637. The molecule has 23 heavy (non-hydrogen) atoms. The molecule has 2 heteroatoms. The first-order chi connectivity index (χ1) is 11.2. The van der Waals surface area contributed by atoms with Gasteiger partial charge in [-0.1, -0.05) is 38.1 Å². The smallest absolute Gasteiger partial charge is 0.119 e. The van der Waals surface area contributed by atoms with Crippen molar-refractivity contribution >= 4 is 11.1 Å². The average molecular weight is 310 g/mol. The van der Waals surface area contributed by atoms with Crippen molar-refractivity contribution in [2.75, 3.05) is 13.7 Å². The summed E-state index contributed by atoms with van der Waals surface area (Å²) < 4.78 is 10.8. The second-order valence-electron chi connectivity index (χ2n) is 5.35. The van der Waals surface area contributed by atoms with Crippen LogP contribution in [0, 0.1) is 0 Å². The summed E-state index contributed by atoms with van der Waals surface area (Å²) in [5.41, 5.74) is 5.31. The predicted molar refractivity (Wildman–Crippen MR) is 98.0 cm³/mol. The molecule has 0 saturated heterocycles. The van der Waals surface area contributed by atoms with Gasteiger partial charge in [0.15, 0.2) is 0 Å². The first-order valence-electron chi connectivity index (χ1n) is 8.33. The summed E-state index contributed by atoms with van der Waals surface area (Å²) in [5.74, 6) is 1.82. The molecule has 0 atom stereocenters. The van der Waals surface area contributed by atoms with Gasteiger partial charge in [-0.15, -0.1) is 0 Å². The molecule has 2 nitrogen and oxygen atoms in total. The number of benzene rings is 2. The number of rotatable bonds is 7. The molecule has 122 valence electrons. The predicted octanol–water partition coefficient (Wildman–Crippen LogP) is 5.82. The van der Waals surface area contributed by atoms with Crippen molar-refractivity contribution < 1.29 is 9.47 Å². The Kier molecular flexibility index (Phi) is 6.28. The Morgan fingerprint density at radius 1 is 0.696 bits per heavy atom. The second-order valence-corrected chi connectivity index (χ2v) is 5.35. The Morgan fingerprint density at radius 2 is 1.13 bits per heavy atom. The van der Waals surface area contributed by atoms with E-state index >= 15 is 0 Å². The molecular formula is C21H26O2. The van der Waals surface area contributed by atoms with E-state index < -0.39 is 0 Å². The van der Waals surface area contributed by atoms with E-state index in [0.717, 1.165) is 24.3 Å². The summed E-state index contributed by atoms with van der Waals surface area (Å²) in [7, 11) is 1.70. The lowest BCUT2D eigenvalue weighted by Gasteiger charge is -2.15. The van der Waals surface area contributed by atoms with E-state index in [4.69, 9.17) is 9.47 Å². The van der Waals surface area contributed by atoms with Gasteiger partial charge in [0, 0.05) is 0 Å². The lowest BCUT2D eigenvalue weighted by Crippen LogP contribution is -1.94. The summed E-state index contributed by atoms with van der Waals surface area (Å²) in [5, 5.41) is 0. The summed E-state index contributed by atoms with van der Waals surface area (Å²) in [6.07, 6.45) is 2.01. The first-order valence-corrected chi connectivity index (χ1v) is 8.33. The van der Waals surface area contributed by atoms with E-state index in [2.05, 4.69) is 50.2 Å². The number of methoxy groups -OCH3 is 1. The van der Waals surface area contributed by atoms with Gasteiger partial charge in [-0.2, -0.15) is 0 Å². The lowest BCUT2D eigenvalue weighted by molar-refractivity contribution is 0.340. The molecule has 0 heterocycles. The summed E-state index contributed by atoms with van der Waals surface area (Å²) >= 11 is 0. The van der Waals surface area contributed by atoms with Gasteiger partial charge in [0.2, 0.25) is 0 Å². The van der Waals surface area contributed by atoms with Crippen LogP contribution in [-0.4, -0.2) is 13.7 Å². The van der Waals surface area contributed by atoms with Crippen LogP contribution in [0.25, 0.3) is 11.1 Å². The molecular weight excluding hydrogens is 284 g/mol. The molecule has 0 amide bonds. The van der Waals surface area contributed by atoms with Crippen LogP contribution in [0.4, 0.5) is 0 Å². The molecule has 0 N–H and O–H groups in total. The molecule has 0 unspecified atom stereocenters. The summed E-state index contributed by atoms with van der Waals surface area (Å²) in [4.78, 5) is 0. The van der Waals surface area contributed by atoms with Gasteiger partial charge in [-0.05, 0) is 66.3 Å². The van der Waals surface area contributed by atoms with Crippen molar-refractivity contribution in [3.63, 3.8) is 0 Å². The highest BCUT2D eigenvalue weighted by atomic mass is 16.5. The maximum atomic E-state index is 5.54. The third-order valence-corrected chi connectivity index (χ3v) is 4.02. The van der Waals surface area contributed by atoms with Crippen molar-refractivity contribution in [1.82, 2.24) is 0 Å². The van der Waals surface area contributed by atoms with Crippen molar-refractivity contribution in [2.24, 2.45) is 0 Å². The van der Waals surface area contributed by atoms with Crippen molar-refractivity contribution in [2.45, 2.75) is 33.6 Å². The van der Waals surface area contributed by atoms with E-state index in [1.165, 1.54) is 22.3 Å². The van der Waals surface area contributed by atoms with Crippen molar-refractivity contribution in [1.29, 1.82) is 0 Å². The minimum atomic E-state index is 0.696. The van der Waals surface area contributed by atoms with E-state index in [1.54, 1.807) is 7.11 Å². The SMILES string of the molecule is CCOc1ccc(/C(CC)=C(\CC)c2ccc(OC)cc2)cc1. The van der Waals surface area contributed by atoms with Crippen LogP contribution in [0.5, 0.6) is 11.5 Å². The molecule has 0 aliphatic carbocycles. The second kappa shape index (κ2) is 8.42. The number of hydrogen-bond acceptors (Lipinski definition) is 2. The zero-order valence-corrected chi connectivity index (χ0v) is 14.6. The molecule has 0 spiro atoms. The Balaban J connectivity index is 2.41. The van der Waals surface area contributed by atoms with Crippen LogP contribution in [0.15, 0.2) is 48.5 Å². The molecule has 0 aliphatic rings.